The Labute approximate surface area is 105 Å². The second-order valence-corrected chi connectivity index (χ2v) is 4.24. The Morgan fingerprint density at radius 2 is 1.83 bits per heavy atom. The maximum atomic E-state index is 11.1. The zero-order chi connectivity index (χ0) is 14.2. The highest BCUT2D eigenvalue weighted by Gasteiger charge is 2.17. The van der Waals surface area contributed by atoms with E-state index in [1.165, 1.54) is 0 Å². The Morgan fingerprint density at radius 1 is 1.22 bits per heavy atom. The first kappa shape index (κ1) is 16.1. The van der Waals surface area contributed by atoms with Gasteiger partial charge in [0.25, 0.3) is 0 Å². The zero-order valence-corrected chi connectivity index (χ0v) is 10.9. The van der Waals surface area contributed by atoms with Crippen LogP contribution in [0.3, 0.4) is 0 Å². The van der Waals surface area contributed by atoms with Gasteiger partial charge in [-0.3, -0.25) is 14.4 Å². The molecule has 18 heavy (non-hydrogen) atoms. The van der Waals surface area contributed by atoms with Gasteiger partial charge in [-0.15, -0.1) is 0 Å². The molecular weight excluding hydrogens is 242 g/mol. The number of esters is 1. The average molecular weight is 259 g/mol. The monoisotopic (exact) mass is 259 g/mol. The Bertz CT molecular complexity index is 342. The topological polar surface area (TPSA) is 91.3 Å². The predicted octanol–water partition coefficient (Wildman–Crippen LogP) is 1.45. The fourth-order valence-electron chi connectivity index (χ4n) is 0.797. The molecule has 0 heterocycles. The van der Waals surface area contributed by atoms with E-state index in [4.69, 9.17) is 4.74 Å². The van der Waals surface area contributed by atoms with Gasteiger partial charge in [-0.25, -0.2) is 4.79 Å². The van der Waals surface area contributed by atoms with Crippen LogP contribution in [0.25, 0.3) is 0 Å². The molecule has 0 spiro atoms. The number of carbonyl (C=O) groups excluding carboxylic acids is 3. The molecule has 0 aliphatic heterocycles. The van der Waals surface area contributed by atoms with Crippen LogP contribution in [-0.2, 0) is 23.9 Å². The third-order valence-electron chi connectivity index (χ3n) is 1.34. The summed E-state index contributed by atoms with van der Waals surface area (Å²) in [6.45, 7) is 6.79. The Hall–Kier alpha value is -1.92. The van der Waals surface area contributed by atoms with E-state index in [1.807, 2.05) is 0 Å². The normalized spacial score (nSPS) is 11.1. The highest BCUT2D eigenvalue weighted by Crippen LogP contribution is 2.07. The van der Waals surface area contributed by atoms with E-state index in [2.05, 4.69) is 14.7 Å². The molecule has 7 heteroatoms. The van der Waals surface area contributed by atoms with Gasteiger partial charge >= 0.3 is 12.1 Å². The lowest BCUT2D eigenvalue weighted by Crippen LogP contribution is -2.23. The van der Waals surface area contributed by atoms with Crippen LogP contribution in [0.1, 0.15) is 34.1 Å². The molecule has 0 saturated carbocycles. The van der Waals surface area contributed by atoms with E-state index < -0.39 is 29.9 Å². The van der Waals surface area contributed by atoms with E-state index in [0.29, 0.717) is 0 Å². The highest BCUT2D eigenvalue weighted by molar-refractivity contribution is 6.31. The number of oxime groups is 1. The first-order chi connectivity index (χ1) is 8.24. The van der Waals surface area contributed by atoms with Gasteiger partial charge in [0.2, 0.25) is 0 Å². The minimum Gasteiger partial charge on any atom is -0.466 e. The smallest absolute Gasteiger partial charge is 0.466 e. The number of ketones is 1. The highest BCUT2D eigenvalue weighted by atomic mass is 16.8. The molecule has 0 saturated heterocycles. The van der Waals surface area contributed by atoms with Gasteiger partial charge in [0.1, 0.15) is 18.2 Å². The second-order valence-electron chi connectivity index (χ2n) is 4.24. The molecule has 0 aromatic carbocycles. The van der Waals surface area contributed by atoms with Gasteiger partial charge < -0.3 is 9.47 Å². The van der Waals surface area contributed by atoms with Crippen molar-refractivity contribution < 1.29 is 28.7 Å². The lowest BCUT2D eigenvalue weighted by Gasteiger charge is -2.16. The second kappa shape index (κ2) is 7.41. The molecule has 7 nitrogen and oxygen atoms in total. The average Bonchev–Trinajstić information content (AvgIpc) is 2.14. The summed E-state index contributed by atoms with van der Waals surface area (Å²) in [4.78, 5) is 37.3. The number of nitrogens with zero attached hydrogens (tertiary/aromatic N) is 1. The molecule has 0 N–H and O–H groups in total. The summed E-state index contributed by atoms with van der Waals surface area (Å²) in [5.74, 6) is -1.29. The maximum absolute atomic E-state index is 11.1. The van der Waals surface area contributed by atoms with E-state index in [1.54, 1.807) is 27.7 Å². The third-order valence-corrected chi connectivity index (χ3v) is 1.34. The summed E-state index contributed by atoms with van der Waals surface area (Å²) < 4.78 is 9.31. The van der Waals surface area contributed by atoms with Gasteiger partial charge in [-0.05, 0) is 27.7 Å². The van der Waals surface area contributed by atoms with Gasteiger partial charge in [0, 0.05) is 0 Å². The molecule has 0 amide bonds. The van der Waals surface area contributed by atoms with Crippen LogP contribution in [0.4, 0.5) is 4.79 Å². The SMILES string of the molecule is CCOC(=O)CC(=O)C=NOC(=O)OC(C)(C)C. The first-order valence-corrected chi connectivity index (χ1v) is 5.36. The zero-order valence-electron chi connectivity index (χ0n) is 10.9. The Balaban J connectivity index is 3.99. The standard InChI is InChI=1S/C11H17NO6/c1-5-16-9(14)6-8(13)7-12-18-10(15)17-11(2,3)4/h7H,5-6H2,1-4H3. The molecule has 0 unspecified atom stereocenters. The minimum absolute atomic E-state index is 0.192. The lowest BCUT2D eigenvalue weighted by molar-refractivity contribution is -0.144. The molecule has 0 aliphatic carbocycles. The van der Waals surface area contributed by atoms with Crippen LogP contribution < -0.4 is 0 Å². The summed E-state index contributed by atoms with van der Waals surface area (Å²) >= 11 is 0. The molecule has 0 aromatic heterocycles. The number of Topliss-reactive ketones (excluding diaryl/α,β-unsaturated/α-hetero) is 1. The van der Waals surface area contributed by atoms with Crippen molar-refractivity contribution in [1.29, 1.82) is 0 Å². The van der Waals surface area contributed by atoms with Crippen molar-refractivity contribution in [3.63, 3.8) is 0 Å². The molecule has 0 radical (unpaired) electrons. The van der Waals surface area contributed by atoms with Crippen LogP contribution in [-0.4, -0.2) is 36.3 Å². The number of hydrogen-bond donors (Lipinski definition) is 0. The molecule has 0 aromatic rings. The van der Waals surface area contributed by atoms with Crippen LogP contribution in [0.5, 0.6) is 0 Å². The van der Waals surface area contributed by atoms with Crippen LogP contribution >= 0.6 is 0 Å². The van der Waals surface area contributed by atoms with E-state index >= 15 is 0 Å². The van der Waals surface area contributed by atoms with Crippen LogP contribution in [0, 0.1) is 0 Å². The molecule has 0 fully saturated rings. The molecule has 0 aliphatic rings. The predicted molar refractivity (Wildman–Crippen MR) is 62.1 cm³/mol. The summed E-state index contributed by atoms with van der Waals surface area (Å²) in [5.41, 5.74) is -0.707. The maximum Gasteiger partial charge on any atom is 0.535 e. The fraction of sp³-hybridized carbons (Fsp3) is 0.636. The van der Waals surface area contributed by atoms with Crippen molar-refractivity contribution in [2.24, 2.45) is 5.16 Å². The van der Waals surface area contributed by atoms with Gasteiger partial charge in [-0.2, -0.15) is 0 Å². The van der Waals surface area contributed by atoms with Crippen molar-refractivity contribution in [2.45, 2.75) is 39.7 Å². The van der Waals surface area contributed by atoms with Crippen molar-refractivity contribution in [3.05, 3.63) is 0 Å². The van der Waals surface area contributed by atoms with Gasteiger partial charge in [0.05, 0.1) is 6.61 Å². The van der Waals surface area contributed by atoms with Gasteiger partial charge in [-0.1, -0.05) is 5.16 Å². The first-order valence-electron chi connectivity index (χ1n) is 5.36. The molecule has 0 atom stereocenters. The number of rotatable bonds is 5. The lowest BCUT2D eigenvalue weighted by atomic mass is 10.2. The molecule has 102 valence electrons. The number of carbonyl (C=O) groups is 3. The van der Waals surface area contributed by atoms with Crippen molar-refractivity contribution in [2.75, 3.05) is 6.61 Å². The molecular formula is C11H17NO6. The number of ether oxygens (including phenoxy) is 2. The van der Waals surface area contributed by atoms with E-state index in [9.17, 15) is 14.4 Å². The summed E-state index contributed by atoms with van der Waals surface area (Å²) in [6.07, 6.45) is -0.752. The summed E-state index contributed by atoms with van der Waals surface area (Å²) in [6, 6.07) is 0. The molecule has 0 rings (SSSR count). The number of hydrogen-bond acceptors (Lipinski definition) is 7. The summed E-state index contributed by atoms with van der Waals surface area (Å²) in [7, 11) is 0. The van der Waals surface area contributed by atoms with Gasteiger partial charge in [0.15, 0.2) is 5.78 Å². The van der Waals surface area contributed by atoms with Crippen molar-refractivity contribution in [1.82, 2.24) is 0 Å². The minimum atomic E-state index is -1.03. The molecule has 0 bridgehead atoms. The fourth-order valence-corrected chi connectivity index (χ4v) is 0.797. The van der Waals surface area contributed by atoms with Crippen molar-refractivity contribution in [3.8, 4) is 0 Å². The van der Waals surface area contributed by atoms with E-state index in [0.717, 1.165) is 6.21 Å². The van der Waals surface area contributed by atoms with E-state index in [-0.39, 0.29) is 6.61 Å². The van der Waals surface area contributed by atoms with Crippen LogP contribution in [0.2, 0.25) is 0 Å². The largest absolute Gasteiger partial charge is 0.535 e. The quantitative estimate of drug-likeness (QED) is 0.244. The Morgan fingerprint density at radius 3 is 2.33 bits per heavy atom. The summed E-state index contributed by atoms with van der Waals surface area (Å²) in [5, 5.41) is 3.11. The third kappa shape index (κ3) is 9.32. The van der Waals surface area contributed by atoms with Crippen LogP contribution in [0.15, 0.2) is 5.16 Å². The van der Waals surface area contributed by atoms with Crippen molar-refractivity contribution >= 4 is 24.1 Å². The Kier molecular flexibility index (Phi) is 6.62.